The lowest BCUT2D eigenvalue weighted by Crippen LogP contribution is -1.75. The molecule has 0 aliphatic heterocycles. The van der Waals surface area contributed by atoms with Crippen molar-refractivity contribution in [3.8, 4) is 0 Å². The van der Waals surface area contributed by atoms with Crippen LogP contribution in [0.15, 0.2) is 48.5 Å². The van der Waals surface area contributed by atoms with Crippen molar-refractivity contribution in [3.05, 3.63) is 69.7 Å². The summed E-state index contributed by atoms with van der Waals surface area (Å²) in [6.07, 6.45) is 4.00. The monoisotopic (exact) mass is 248 g/mol. The minimum atomic E-state index is 0.655. The highest BCUT2D eigenvalue weighted by atomic mass is 35.5. The van der Waals surface area contributed by atoms with Crippen LogP contribution in [-0.4, -0.2) is 0 Å². The smallest absolute Gasteiger partial charge is 0.0493 e. The van der Waals surface area contributed by atoms with Crippen LogP contribution >= 0.6 is 23.2 Å². The summed E-state index contributed by atoms with van der Waals surface area (Å²) in [5.41, 5.74) is 2.11. The van der Waals surface area contributed by atoms with Gasteiger partial charge in [-0.2, -0.15) is 0 Å². The molecule has 0 bridgehead atoms. The molecule has 0 aromatic heterocycles. The molecule has 2 aromatic carbocycles. The molecule has 0 atom stereocenters. The van der Waals surface area contributed by atoms with Gasteiger partial charge < -0.3 is 0 Å². The van der Waals surface area contributed by atoms with Crippen molar-refractivity contribution in [1.29, 1.82) is 0 Å². The summed E-state index contributed by atoms with van der Waals surface area (Å²) < 4.78 is 0. The summed E-state index contributed by atoms with van der Waals surface area (Å²) in [6.45, 7) is 0. The molecular formula is C14H10Cl2. The minimum Gasteiger partial charge on any atom is -0.0843 e. The summed E-state index contributed by atoms with van der Waals surface area (Å²) in [5.74, 6) is 0. The lowest BCUT2D eigenvalue weighted by molar-refractivity contribution is 1.64. The molecular weight excluding hydrogens is 239 g/mol. The second kappa shape index (κ2) is 5.20. The second-order valence-corrected chi connectivity index (χ2v) is 4.25. The van der Waals surface area contributed by atoms with Crippen LogP contribution in [0.5, 0.6) is 0 Å². The van der Waals surface area contributed by atoms with Crippen LogP contribution in [-0.2, 0) is 0 Å². The third kappa shape index (κ3) is 2.88. The number of hydrogen-bond donors (Lipinski definition) is 0. The number of halogens is 2. The lowest BCUT2D eigenvalue weighted by Gasteiger charge is -1.98. The lowest BCUT2D eigenvalue weighted by atomic mass is 10.1. The molecule has 2 rings (SSSR count). The number of benzene rings is 2. The molecule has 0 saturated heterocycles. The van der Waals surface area contributed by atoms with E-state index in [4.69, 9.17) is 23.2 Å². The van der Waals surface area contributed by atoms with E-state index in [1.807, 2.05) is 54.6 Å². The van der Waals surface area contributed by atoms with E-state index in [9.17, 15) is 0 Å². The fourth-order valence-corrected chi connectivity index (χ4v) is 1.86. The maximum Gasteiger partial charge on any atom is 0.0493 e. The number of rotatable bonds is 2. The molecule has 0 aliphatic carbocycles. The maximum absolute atomic E-state index is 6.06. The Balaban J connectivity index is 2.24. The largest absolute Gasteiger partial charge is 0.0843 e. The van der Waals surface area contributed by atoms with Crippen LogP contribution in [0.4, 0.5) is 0 Å². The maximum atomic E-state index is 6.06. The van der Waals surface area contributed by atoms with E-state index >= 15 is 0 Å². The van der Waals surface area contributed by atoms with Gasteiger partial charge in [-0.25, -0.2) is 0 Å². The topological polar surface area (TPSA) is 0 Å². The van der Waals surface area contributed by atoms with Crippen molar-refractivity contribution in [2.45, 2.75) is 0 Å². The standard InChI is InChI=1S/C14H10Cl2/c15-13-9-8-12(14(16)10-13)7-6-11-4-2-1-3-5-11/h1-10H. The molecule has 16 heavy (non-hydrogen) atoms. The Morgan fingerprint density at radius 2 is 1.56 bits per heavy atom. The van der Waals surface area contributed by atoms with Crippen LogP contribution < -0.4 is 0 Å². The van der Waals surface area contributed by atoms with Crippen molar-refractivity contribution < 1.29 is 0 Å². The average molecular weight is 249 g/mol. The molecule has 2 heteroatoms. The molecule has 0 nitrogen and oxygen atoms in total. The summed E-state index contributed by atoms with van der Waals surface area (Å²) in [6, 6.07) is 15.6. The van der Waals surface area contributed by atoms with Gasteiger partial charge in [0.1, 0.15) is 0 Å². The van der Waals surface area contributed by atoms with E-state index in [1.165, 1.54) is 0 Å². The molecule has 80 valence electrons. The zero-order valence-corrected chi connectivity index (χ0v) is 10.0. The highest BCUT2D eigenvalue weighted by Crippen LogP contribution is 2.22. The van der Waals surface area contributed by atoms with Gasteiger partial charge in [-0.15, -0.1) is 0 Å². The molecule has 0 saturated carbocycles. The molecule has 0 unspecified atom stereocenters. The van der Waals surface area contributed by atoms with Crippen molar-refractivity contribution in [3.63, 3.8) is 0 Å². The van der Waals surface area contributed by atoms with Gasteiger partial charge in [-0.1, -0.05) is 71.8 Å². The van der Waals surface area contributed by atoms with Gasteiger partial charge in [0, 0.05) is 10.0 Å². The Bertz CT molecular complexity index is 501. The highest BCUT2D eigenvalue weighted by Gasteiger charge is 1.96. The Labute approximate surface area is 105 Å². The zero-order valence-electron chi connectivity index (χ0n) is 8.53. The van der Waals surface area contributed by atoms with Crippen molar-refractivity contribution in [2.24, 2.45) is 0 Å². The summed E-state index contributed by atoms with van der Waals surface area (Å²) >= 11 is 11.9. The zero-order chi connectivity index (χ0) is 11.4. The van der Waals surface area contributed by atoms with E-state index in [1.54, 1.807) is 6.07 Å². The molecule has 0 N–H and O–H groups in total. The third-order valence-corrected chi connectivity index (χ3v) is 2.78. The van der Waals surface area contributed by atoms with Gasteiger partial charge in [0.15, 0.2) is 0 Å². The van der Waals surface area contributed by atoms with Gasteiger partial charge >= 0.3 is 0 Å². The summed E-state index contributed by atoms with van der Waals surface area (Å²) in [5, 5.41) is 1.32. The Morgan fingerprint density at radius 1 is 0.812 bits per heavy atom. The predicted octanol–water partition coefficient (Wildman–Crippen LogP) is 5.16. The van der Waals surface area contributed by atoms with Crippen LogP contribution in [0.3, 0.4) is 0 Å². The van der Waals surface area contributed by atoms with Gasteiger partial charge in [0.2, 0.25) is 0 Å². The quantitative estimate of drug-likeness (QED) is 0.644. The Morgan fingerprint density at radius 3 is 2.25 bits per heavy atom. The van der Waals surface area contributed by atoms with Gasteiger partial charge in [0.25, 0.3) is 0 Å². The SMILES string of the molecule is Clc1ccc(C=Cc2ccccc2)c(Cl)c1. The van der Waals surface area contributed by atoms with Crippen LogP contribution in [0.1, 0.15) is 11.1 Å². The molecule has 0 aliphatic rings. The molecule has 0 radical (unpaired) electrons. The second-order valence-electron chi connectivity index (χ2n) is 3.41. The molecule has 0 amide bonds. The first kappa shape index (κ1) is 11.3. The van der Waals surface area contributed by atoms with Crippen LogP contribution in [0, 0.1) is 0 Å². The summed E-state index contributed by atoms with van der Waals surface area (Å²) in [4.78, 5) is 0. The third-order valence-electron chi connectivity index (χ3n) is 2.22. The van der Waals surface area contributed by atoms with Crippen molar-refractivity contribution >= 4 is 35.4 Å². The first-order chi connectivity index (χ1) is 7.75. The Kier molecular flexibility index (Phi) is 3.66. The predicted molar refractivity (Wildman–Crippen MR) is 71.8 cm³/mol. The Hall–Kier alpha value is -1.24. The number of hydrogen-bond acceptors (Lipinski definition) is 0. The van der Waals surface area contributed by atoms with E-state index < -0.39 is 0 Å². The first-order valence-corrected chi connectivity index (χ1v) is 5.69. The minimum absolute atomic E-state index is 0.655. The van der Waals surface area contributed by atoms with Gasteiger partial charge in [-0.05, 0) is 23.3 Å². The van der Waals surface area contributed by atoms with Crippen LogP contribution in [0.2, 0.25) is 10.0 Å². The average Bonchev–Trinajstić information content (AvgIpc) is 2.29. The van der Waals surface area contributed by atoms with Gasteiger partial charge in [0.05, 0.1) is 0 Å². The van der Waals surface area contributed by atoms with E-state index in [0.717, 1.165) is 11.1 Å². The molecule has 0 heterocycles. The summed E-state index contributed by atoms with van der Waals surface area (Å²) in [7, 11) is 0. The van der Waals surface area contributed by atoms with Crippen LogP contribution in [0.25, 0.3) is 12.2 Å². The highest BCUT2D eigenvalue weighted by molar-refractivity contribution is 6.35. The normalized spacial score (nSPS) is 10.9. The molecule has 0 spiro atoms. The van der Waals surface area contributed by atoms with Crippen molar-refractivity contribution in [1.82, 2.24) is 0 Å². The van der Waals surface area contributed by atoms with E-state index in [-0.39, 0.29) is 0 Å². The molecule has 0 fully saturated rings. The first-order valence-electron chi connectivity index (χ1n) is 4.94. The fourth-order valence-electron chi connectivity index (χ4n) is 1.39. The fraction of sp³-hybridized carbons (Fsp3) is 0. The van der Waals surface area contributed by atoms with Gasteiger partial charge in [-0.3, -0.25) is 0 Å². The van der Waals surface area contributed by atoms with Crippen molar-refractivity contribution in [2.75, 3.05) is 0 Å². The molecule has 2 aromatic rings. The van der Waals surface area contributed by atoms with E-state index in [0.29, 0.717) is 10.0 Å². The van der Waals surface area contributed by atoms with E-state index in [2.05, 4.69) is 0 Å².